The second kappa shape index (κ2) is 7.30. The molecule has 0 atom stereocenters. The minimum Gasteiger partial charge on any atom is -0.375 e. The van der Waals surface area contributed by atoms with Crippen molar-refractivity contribution in [3.63, 3.8) is 0 Å². The van der Waals surface area contributed by atoms with Crippen LogP contribution >= 0.6 is 0 Å². The van der Waals surface area contributed by atoms with Gasteiger partial charge in [0.25, 0.3) is 5.91 Å². The van der Waals surface area contributed by atoms with Crippen LogP contribution in [0.5, 0.6) is 0 Å². The number of amides is 2. The number of methoxy groups -OCH3 is 1. The number of ether oxygens (including phenoxy) is 1. The Balaban J connectivity index is 1.63. The molecule has 1 saturated heterocycles. The van der Waals surface area contributed by atoms with Crippen molar-refractivity contribution in [3.8, 4) is 0 Å². The molecule has 0 aromatic carbocycles. The molecule has 2 heterocycles. The van der Waals surface area contributed by atoms with Crippen molar-refractivity contribution in [1.29, 1.82) is 0 Å². The van der Waals surface area contributed by atoms with Crippen LogP contribution in [-0.2, 0) is 9.53 Å². The Morgan fingerprint density at radius 1 is 1.29 bits per heavy atom. The van der Waals surface area contributed by atoms with Gasteiger partial charge in [-0.05, 0) is 37.3 Å². The Morgan fingerprint density at radius 3 is 2.54 bits per heavy atom. The maximum atomic E-state index is 12.6. The van der Waals surface area contributed by atoms with E-state index in [1.165, 1.54) is 20.0 Å². The van der Waals surface area contributed by atoms with Gasteiger partial charge in [0.05, 0.1) is 0 Å². The molecule has 0 spiro atoms. The highest BCUT2D eigenvalue weighted by molar-refractivity contribution is 5.94. The SMILES string of the molecule is COCC(=O)NC1(CC2CC2)CCN(C(=O)c2ccncc2)CC1. The van der Waals surface area contributed by atoms with Crippen LogP contribution in [0.1, 0.15) is 42.5 Å². The van der Waals surface area contributed by atoms with E-state index in [9.17, 15) is 9.59 Å². The van der Waals surface area contributed by atoms with Crippen LogP contribution in [0.25, 0.3) is 0 Å². The van der Waals surface area contributed by atoms with E-state index in [1.807, 2.05) is 4.90 Å². The molecular formula is C18H25N3O3. The summed E-state index contributed by atoms with van der Waals surface area (Å²) in [5, 5.41) is 3.19. The second-order valence-corrected chi connectivity index (χ2v) is 6.94. The Kier molecular flexibility index (Phi) is 5.14. The monoisotopic (exact) mass is 331 g/mol. The maximum Gasteiger partial charge on any atom is 0.253 e. The maximum absolute atomic E-state index is 12.6. The predicted octanol–water partition coefficient (Wildman–Crippen LogP) is 1.62. The number of likely N-dealkylation sites (tertiary alicyclic amines) is 1. The fourth-order valence-corrected chi connectivity index (χ4v) is 3.53. The Hall–Kier alpha value is -1.95. The molecule has 1 N–H and O–H groups in total. The van der Waals surface area contributed by atoms with Gasteiger partial charge in [-0.25, -0.2) is 0 Å². The summed E-state index contributed by atoms with van der Waals surface area (Å²) in [5.41, 5.74) is 0.481. The topological polar surface area (TPSA) is 71.5 Å². The van der Waals surface area contributed by atoms with Crippen molar-refractivity contribution in [3.05, 3.63) is 30.1 Å². The zero-order valence-electron chi connectivity index (χ0n) is 14.2. The average molecular weight is 331 g/mol. The summed E-state index contributed by atoms with van der Waals surface area (Å²) in [5.74, 6) is 0.697. The second-order valence-electron chi connectivity index (χ2n) is 6.94. The summed E-state index contributed by atoms with van der Waals surface area (Å²) < 4.78 is 4.95. The van der Waals surface area contributed by atoms with Crippen LogP contribution in [0.2, 0.25) is 0 Å². The number of nitrogens with zero attached hydrogens (tertiary/aromatic N) is 2. The first-order valence-electron chi connectivity index (χ1n) is 8.61. The molecule has 1 aliphatic heterocycles. The predicted molar refractivity (Wildman–Crippen MR) is 89.5 cm³/mol. The minimum atomic E-state index is -0.189. The van der Waals surface area contributed by atoms with E-state index >= 15 is 0 Å². The van der Waals surface area contributed by atoms with E-state index in [0.29, 0.717) is 18.7 Å². The van der Waals surface area contributed by atoms with Crippen LogP contribution in [-0.4, -0.2) is 54.0 Å². The molecule has 6 nitrogen and oxygen atoms in total. The molecule has 6 heteroatoms. The molecule has 0 radical (unpaired) electrons. The molecule has 130 valence electrons. The third-order valence-electron chi connectivity index (χ3n) is 4.99. The zero-order valence-corrected chi connectivity index (χ0v) is 14.2. The van der Waals surface area contributed by atoms with Gasteiger partial charge in [0.2, 0.25) is 5.91 Å². The minimum absolute atomic E-state index is 0.0423. The largest absolute Gasteiger partial charge is 0.375 e. The van der Waals surface area contributed by atoms with Gasteiger partial charge >= 0.3 is 0 Å². The Morgan fingerprint density at radius 2 is 1.96 bits per heavy atom. The van der Waals surface area contributed by atoms with Gasteiger partial charge in [-0.3, -0.25) is 14.6 Å². The Bertz CT molecular complexity index is 578. The fourth-order valence-electron chi connectivity index (χ4n) is 3.53. The van der Waals surface area contributed by atoms with Gasteiger partial charge in [-0.15, -0.1) is 0 Å². The first-order valence-corrected chi connectivity index (χ1v) is 8.61. The molecule has 0 bridgehead atoms. The molecule has 24 heavy (non-hydrogen) atoms. The smallest absolute Gasteiger partial charge is 0.253 e. The third-order valence-corrected chi connectivity index (χ3v) is 4.99. The first kappa shape index (κ1) is 16.9. The molecule has 1 aromatic rings. The van der Waals surface area contributed by atoms with Crippen LogP contribution in [0.15, 0.2) is 24.5 Å². The number of hydrogen-bond donors (Lipinski definition) is 1. The Labute approximate surface area is 142 Å². The molecule has 1 saturated carbocycles. The van der Waals surface area contributed by atoms with Crippen molar-refractivity contribution in [2.45, 2.75) is 37.6 Å². The van der Waals surface area contributed by atoms with Gasteiger partial charge in [-0.2, -0.15) is 0 Å². The number of rotatable bonds is 6. The number of pyridine rings is 1. The molecule has 3 rings (SSSR count). The lowest BCUT2D eigenvalue weighted by Crippen LogP contribution is -2.57. The summed E-state index contributed by atoms with van der Waals surface area (Å²) in [4.78, 5) is 30.4. The number of carbonyl (C=O) groups excluding carboxylic acids is 2. The van der Waals surface area contributed by atoms with Gasteiger partial charge < -0.3 is 15.0 Å². The normalized spacial score (nSPS) is 19.8. The standard InChI is InChI=1S/C18H25N3O3/c1-24-13-16(22)20-18(12-14-2-3-14)6-10-21(11-7-18)17(23)15-4-8-19-9-5-15/h4-5,8-9,14H,2-3,6-7,10-13H2,1H3,(H,20,22). The van der Waals surface area contributed by atoms with E-state index < -0.39 is 0 Å². The average Bonchev–Trinajstić information content (AvgIpc) is 3.39. The molecular weight excluding hydrogens is 306 g/mol. The van der Waals surface area contributed by atoms with Gasteiger partial charge in [0, 0.05) is 43.7 Å². The highest BCUT2D eigenvalue weighted by Crippen LogP contribution is 2.40. The number of nitrogens with one attached hydrogen (secondary N) is 1. The third kappa shape index (κ3) is 4.12. The van der Waals surface area contributed by atoms with Crippen LogP contribution in [0, 0.1) is 5.92 Å². The van der Waals surface area contributed by atoms with Crippen molar-refractivity contribution in [2.75, 3.05) is 26.8 Å². The van der Waals surface area contributed by atoms with Gasteiger partial charge in [-0.1, -0.05) is 12.8 Å². The summed E-state index contributed by atoms with van der Waals surface area (Å²) in [6.07, 6.45) is 8.40. The van der Waals surface area contributed by atoms with Crippen molar-refractivity contribution >= 4 is 11.8 Å². The van der Waals surface area contributed by atoms with E-state index in [-0.39, 0.29) is 24.0 Å². The van der Waals surface area contributed by atoms with E-state index in [0.717, 1.165) is 25.2 Å². The molecule has 1 aliphatic carbocycles. The molecule has 1 aromatic heterocycles. The molecule has 2 fully saturated rings. The number of aromatic nitrogens is 1. The number of carbonyl (C=O) groups is 2. The molecule has 2 aliphatic rings. The highest BCUT2D eigenvalue weighted by Gasteiger charge is 2.41. The first-order chi connectivity index (χ1) is 11.6. The lowest BCUT2D eigenvalue weighted by atomic mass is 9.82. The van der Waals surface area contributed by atoms with Crippen molar-refractivity contribution < 1.29 is 14.3 Å². The zero-order chi connectivity index (χ0) is 17.0. The molecule has 2 amide bonds. The fraction of sp³-hybridized carbons (Fsp3) is 0.611. The lowest BCUT2D eigenvalue weighted by molar-refractivity contribution is -0.127. The van der Waals surface area contributed by atoms with Crippen LogP contribution < -0.4 is 5.32 Å². The van der Waals surface area contributed by atoms with Crippen molar-refractivity contribution in [1.82, 2.24) is 15.2 Å². The number of hydrogen-bond acceptors (Lipinski definition) is 4. The summed E-state index contributed by atoms with van der Waals surface area (Å²) in [6, 6.07) is 3.49. The van der Waals surface area contributed by atoms with E-state index in [1.54, 1.807) is 24.5 Å². The number of piperidine rings is 1. The summed E-state index contributed by atoms with van der Waals surface area (Å²) in [6.45, 7) is 1.42. The highest BCUT2D eigenvalue weighted by atomic mass is 16.5. The van der Waals surface area contributed by atoms with Crippen LogP contribution in [0.4, 0.5) is 0 Å². The van der Waals surface area contributed by atoms with E-state index in [2.05, 4.69) is 10.3 Å². The van der Waals surface area contributed by atoms with Gasteiger partial charge in [0.15, 0.2) is 0 Å². The quantitative estimate of drug-likeness (QED) is 0.860. The summed E-state index contributed by atoms with van der Waals surface area (Å²) >= 11 is 0. The van der Waals surface area contributed by atoms with Crippen molar-refractivity contribution in [2.24, 2.45) is 5.92 Å². The lowest BCUT2D eigenvalue weighted by Gasteiger charge is -2.42. The summed E-state index contributed by atoms with van der Waals surface area (Å²) in [7, 11) is 1.53. The molecule has 0 unspecified atom stereocenters. The van der Waals surface area contributed by atoms with Crippen LogP contribution in [0.3, 0.4) is 0 Å². The van der Waals surface area contributed by atoms with E-state index in [4.69, 9.17) is 4.74 Å². The van der Waals surface area contributed by atoms with Gasteiger partial charge in [0.1, 0.15) is 6.61 Å².